The van der Waals surface area contributed by atoms with E-state index in [0.717, 1.165) is 0 Å². The lowest BCUT2D eigenvalue weighted by Crippen LogP contribution is -2.45. The lowest BCUT2D eigenvalue weighted by molar-refractivity contribution is -0.256. The monoisotopic (exact) mass is 220 g/mol. The second kappa shape index (κ2) is 5.48. The van der Waals surface area contributed by atoms with Gasteiger partial charge in [0.1, 0.15) is 0 Å². The van der Waals surface area contributed by atoms with E-state index in [-0.39, 0.29) is 12.2 Å². The van der Waals surface area contributed by atoms with Crippen molar-refractivity contribution in [3.8, 4) is 0 Å². The van der Waals surface area contributed by atoms with Crippen LogP contribution in [0.5, 0.6) is 0 Å². The third-order valence-electron chi connectivity index (χ3n) is 1.48. The largest absolute Gasteiger partial charge is 0.525 e. The fourth-order valence-corrected chi connectivity index (χ4v) is 1.58. The molecule has 4 nitrogen and oxygen atoms in total. The van der Waals surface area contributed by atoms with Gasteiger partial charge >= 0.3 is 5.97 Å². The zero-order valence-electron chi connectivity index (χ0n) is 9.79. The number of ether oxygens (including phenoxy) is 2. The highest BCUT2D eigenvalue weighted by atomic mass is 28.2. The van der Waals surface area contributed by atoms with E-state index in [2.05, 4.69) is 0 Å². The fourth-order valence-electron chi connectivity index (χ4n) is 1.21. The summed E-state index contributed by atoms with van der Waals surface area (Å²) in [4.78, 5) is 11.5. The molecule has 0 fully saturated rings. The van der Waals surface area contributed by atoms with E-state index in [1.54, 1.807) is 6.92 Å². The fraction of sp³-hybridized carbons (Fsp3) is 0.889. The summed E-state index contributed by atoms with van der Waals surface area (Å²) >= 11 is 0. The Balaban J connectivity index is 4.57. The summed E-state index contributed by atoms with van der Waals surface area (Å²) in [5, 5.41) is 0. The lowest BCUT2D eigenvalue weighted by atomic mass is 10.3. The van der Waals surface area contributed by atoms with Gasteiger partial charge in [-0.15, -0.1) is 0 Å². The van der Waals surface area contributed by atoms with E-state index in [4.69, 9.17) is 13.9 Å². The molecule has 0 rings (SSSR count). The Labute approximate surface area is 88.5 Å². The molecule has 0 aromatic rings. The molecule has 0 radical (unpaired) electrons. The van der Waals surface area contributed by atoms with Crippen LogP contribution in [0.15, 0.2) is 0 Å². The third kappa shape index (κ3) is 4.21. The van der Waals surface area contributed by atoms with Crippen molar-refractivity contribution >= 4 is 16.5 Å². The van der Waals surface area contributed by atoms with Gasteiger partial charge in [0.05, 0.1) is 12.2 Å². The number of carbonyl (C=O) groups is 1. The van der Waals surface area contributed by atoms with Gasteiger partial charge in [-0.05, 0) is 27.7 Å². The first-order chi connectivity index (χ1) is 6.31. The molecule has 84 valence electrons. The molecule has 0 aromatic carbocycles. The van der Waals surface area contributed by atoms with Crippen LogP contribution in [-0.4, -0.2) is 34.5 Å². The van der Waals surface area contributed by atoms with Crippen molar-refractivity contribution in [2.45, 2.75) is 52.6 Å². The lowest BCUT2D eigenvalue weighted by Gasteiger charge is -2.30. The average Bonchev–Trinajstić information content (AvgIpc) is 1.99. The minimum absolute atomic E-state index is 0.0838. The van der Waals surface area contributed by atoms with Crippen LogP contribution in [0.4, 0.5) is 0 Å². The maximum absolute atomic E-state index is 11.5. The van der Waals surface area contributed by atoms with Gasteiger partial charge in [-0.25, -0.2) is 4.79 Å². The molecule has 5 heteroatoms. The molecule has 0 aliphatic rings. The van der Waals surface area contributed by atoms with Crippen molar-refractivity contribution in [3.63, 3.8) is 0 Å². The summed E-state index contributed by atoms with van der Waals surface area (Å²) < 4.78 is 15.6. The molecular weight excluding hydrogens is 200 g/mol. The average molecular weight is 220 g/mol. The predicted molar refractivity (Wildman–Crippen MR) is 56.9 cm³/mol. The van der Waals surface area contributed by atoms with Crippen molar-refractivity contribution < 1.29 is 18.7 Å². The molecule has 0 bridgehead atoms. The maximum atomic E-state index is 11.5. The Morgan fingerprint density at radius 3 is 1.71 bits per heavy atom. The maximum Gasteiger partial charge on any atom is 0.352 e. The van der Waals surface area contributed by atoms with Crippen LogP contribution in [0.3, 0.4) is 0 Å². The summed E-state index contributed by atoms with van der Waals surface area (Å²) in [6.45, 7) is 8.99. The second-order valence-electron chi connectivity index (χ2n) is 3.77. The van der Waals surface area contributed by atoms with E-state index in [0.29, 0.717) is 10.5 Å². The predicted octanol–water partition coefficient (Wildman–Crippen LogP) is 0.376. The summed E-state index contributed by atoms with van der Waals surface area (Å²) in [5.74, 6) is -1.73. The first-order valence-corrected chi connectivity index (χ1v) is 5.57. The first kappa shape index (κ1) is 13.6. The number of hydrogen-bond acceptors (Lipinski definition) is 4. The summed E-state index contributed by atoms with van der Waals surface area (Å²) in [5.41, 5.74) is 0. The Hall–Kier alpha value is -0.393. The van der Waals surface area contributed by atoms with Gasteiger partial charge in [0.2, 0.25) is 10.5 Å². The number of hydrogen-bond donors (Lipinski definition) is 0. The second-order valence-corrected chi connectivity index (χ2v) is 4.18. The summed E-state index contributed by atoms with van der Waals surface area (Å²) in [6, 6.07) is 0. The van der Waals surface area contributed by atoms with Crippen molar-refractivity contribution in [1.29, 1.82) is 0 Å². The van der Waals surface area contributed by atoms with Crippen LogP contribution >= 0.6 is 0 Å². The molecule has 0 saturated carbocycles. The Bertz CT molecular complexity index is 181. The number of rotatable bonds is 5. The van der Waals surface area contributed by atoms with Gasteiger partial charge in [0, 0.05) is 6.92 Å². The topological polar surface area (TPSA) is 44.8 Å². The molecule has 0 unspecified atom stereocenters. The van der Waals surface area contributed by atoms with Crippen LogP contribution in [0.2, 0.25) is 0 Å². The summed E-state index contributed by atoms with van der Waals surface area (Å²) in [6.07, 6.45) is -0.168. The Morgan fingerprint density at radius 2 is 1.50 bits per heavy atom. The molecular formula is C9H20O4Si. The molecule has 0 saturated heterocycles. The minimum Gasteiger partial charge on any atom is -0.525 e. The third-order valence-corrected chi connectivity index (χ3v) is 1.85. The molecule has 0 aliphatic heterocycles. The highest BCUT2D eigenvalue weighted by Gasteiger charge is 2.38. The van der Waals surface area contributed by atoms with Gasteiger partial charge in [0.25, 0.3) is 5.79 Å². The van der Waals surface area contributed by atoms with Crippen LogP contribution in [-0.2, 0) is 18.7 Å². The Morgan fingerprint density at radius 1 is 1.14 bits per heavy atom. The summed E-state index contributed by atoms with van der Waals surface area (Å²) in [7, 11) is 0.345. The van der Waals surface area contributed by atoms with Gasteiger partial charge in [0.15, 0.2) is 0 Å². The van der Waals surface area contributed by atoms with Crippen molar-refractivity contribution in [2.75, 3.05) is 0 Å². The zero-order chi connectivity index (χ0) is 11.4. The zero-order valence-corrected chi connectivity index (χ0v) is 11.8. The highest BCUT2D eigenvalue weighted by Crippen LogP contribution is 2.19. The SMILES string of the molecule is CC(C)OC(C)(OC(C)C)C(=O)O[SiH3]. The van der Waals surface area contributed by atoms with Crippen LogP contribution < -0.4 is 0 Å². The highest BCUT2D eigenvalue weighted by molar-refractivity contribution is 6.06. The van der Waals surface area contributed by atoms with E-state index >= 15 is 0 Å². The normalized spacial score (nSPS) is 12.5. The van der Waals surface area contributed by atoms with Gasteiger partial charge < -0.3 is 13.9 Å². The van der Waals surface area contributed by atoms with Crippen molar-refractivity contribution in [3.05, 3.63) is 0 Å². The standard InChI is InChI=1S/C9H20O4Si/c1-6(2)11-9(5,8(10)13-14)12-7(3)4/h6-7H,1-5,14H3. The van der Waals surface area contributed by atoms with Gasteiger partial charge in [-0.3, -0.25) is 0 Å². The van der Waals surface area contributed by atoms with Gasteiger partial charge in [-0.1, -0.05) is 0 Å². The molecule has 0 N–H and O–H groups in total. The molecule has 0 heterocycles. The molecule has 0 amide bonds. The number of carbonyl (C=O) groups excluding carboxylic acids is 1. The molecule has 0 atom stereocenters. The van der Waals surface area contributed by atoms with Crippen LogP contribution in [0, 0.1) is 0 Å². The van der Waals surface area contributed by atoms with E-state index in [1.165, 1.54) is 0 Å². The van der Waals surface area contributed by atoms with Crippen LogP contribution in [0.25, 0.3) is 0 Å². The van der Waals surface area contributed by atoms with Gasteiger partial charge in [-0.2, -0.15) is 0 Å². The van der Waals surface area contributed by atoms with E-state index < -0.39 is 11.8 Å². The van der Waals surface area contributed by atoms with Crippen molar-refractivity contribution in [1.82, 2.24) is 0 Å². The van der Waals surface area contributed by atoms with E-state index in [9.17, 15) is 4.79 Å². The minimum atomic E-state index is -1.27. The molecule has 14 heavy (non-hydrogen) atoms. The smallest absolute Gasteiger partial charge is 0.352 e. The quantitative estimate of drug-likeness (QED) is 0.496. The first-order valence-electron chi connectivity index (χ1n) is 4.76. The molecule has 0 aliphatic carbocycles. The molecule has 0 aromatic heterocycles. The van der Waals surface area contributed by atoms with E-state index in [1.807, 2.05) is 27.7 Å². The van der Waals surface area contributed by atoms with Crippen molar-refractivity contribution in [2.24, 2.45) is 0 Å². The van der Waals surface area contributed by atoms with Crippen LogP contribution in [0.1, 0.15) is 34.6 Å². The molecule has 0 spiro atoms. The Kier molecular flexibility index (Phi) is 5.32.